The highest BCUT2D eigenvalue weighted by atomic mass is 16.5. The zero-order valence-electron chi connectivity index (χ0n) is 15.8. The van der Waals surface area contributed by atoms with Gasteiger partial charge in [-0.15, -0.1) is 0 Å². The van der Waals surface area contributed by atoms with Crippen molar-refractivity contribution in [1.29, 1.82) is 0 Å². The number of hydrazone groups is 1. The standard InChI is InChI=1S/C21H22N2O5/c1-27-16-8-6-14(7-9-16)18-13-19(15-4-3-5-17(12-15)28-2)23(22-18)20(24)10-11-21(25)26/h3-9,12,19H,10-11,13H2,1-2H3,(H,25,26). The summed E-state index contributed by atoms with van der Waals surface area (Å²) in [6.45, 7) is 0. The summed E-state index contributed by atoms with van der Waals surface area (Å²) in [5.74, 6) is 0.0954. The Hall–Kier alpha value is -3.35. The van der Waals surface area contributed by atoms with Gasteiger partial charge in [0.2, 0.25) is 5.91 Å². The molecule has 0 fully saturated rings. The monoisotopic (exact) mass is 382 g/mol. The molecule has 1 heterocycles. The second kappa shape index (κ2) is 8.56. The molecule has 1 atom stereocenters. The van der Waals surface area contributed by atoms with Crippen LogP contribution in [0.5, 0.6) is 11.5 Å². The molecule has 1 aliphatic heterocycles. The van der Waals surface area contributed by atoms with Crippen LogP contribution in [0.15, 0.2) is 53.6 Å². The Morgan fingerprint density at radius 1 is 1.07 bits per heavy atom. The molecule has 0 saturated heterocycles. The number of carbonyl (C=O) groups excluding carboxylic acids is 1. The molecule has 1 amide bonds. The van der Waals surface area contributed by atoms with Gasteiger partial charge in [-0.3, -0.25) is 9.59 Å². The van der Waals surface area contributed by atoms with Gasteiger partial charge in [0.15, 0.2) is 0 Å². The summed E-state index contributed by atoms with van der Waals surface area (Å²) in [5.41, 5.74) is 2.54. The Bertz CT molecular complexity index is 892. The highest BCUT2D eigenvalue weighted by Crippen LogP contribution is 2.35. The van der Waals surface area contributed by atoms with Crippen molar-refractivity contribution in [2.75, 3.05) is 14.2 Å². The summed E-state index contributed by atoms with van der Waals surface area (Å²) < 4.78 is 10.5. The number of methoxy groups -OCH3 is 2. The number of hydrogen-bond donors (Lipinski definition) is 1. The van der Waals surface area contributed by atoms with Gasteiger partial charge in [-0.2, -0.15) is 5.10 Å². The molecule has 146 valence electrons. The van der Waals surface area contributed by atoms with Crippen LogP contribution < -0.4 is 9.47 Å². The maximum absolute atomic E-state index is 12.7. The van der Waals surface area contributed by atoms with E-state index < -0.39 is 5.97 Å². The minimum atomic E-state index is -1.01. The second-order valence-electron chi connectivity index (χ2n) is 6.40. The van der Waals surface area contributed by atoms with E-state index in [2.05, 4.69) is 5.10 Å². The number of carbonyl (C=O) groups is 2. The summed E-state index contributed by atoms with van der Waals surface area (Å²) >= 11 is 0. The third-order valence-electron chi connectivity index (χ3n) is 4.62. The maximum Gasteiger partial charge on any atom is 0.303 e. The molecule has 28 heavy (non-hydrogen) atoms. The number of rotatable bonds is 7. The van der Waals surface area contributed by atoms with Crippen molar-refractivity contribution in [1.82, 2.24) is 5.01 Å². The van der Waals surface area contributed by atoms with Crippen molar-refractivity contribution in [3.63, 3.8) is 0 Å². The van der Waals surface area contributed by atoms with E-state index in [4.69, 9.17) is 14.6 Å². The number of carboxylic acids is 1. The third-order valence-corrected chi connectivity index (χ3v) is 4.62. The Kier molecular flexibility index (Phi) is 5.93. The number of aliphatic carboxylic acids is 1. The molecule has 0 aromatic heterocycles. The molecule has 0 spiro atoms. The predicted octanol–water partition coefficient (Wildman–Crippen LogP) is 3.25. The van der Waals surface area contributed by atoms with Gasteiger partial charge >= 0.3 is 5.97 Å². The lowest BCUT2D eigenvalue weighted by molar-refractivity contribution is -0.141. The van der Waals surface area contributed by atoms with E-state index in [1.165, 1.54) is 5.01 Å². The molecule has 0 bridgehead atoms. The predicted molar refractivity (Wildman–Crippen MR) is 104 cm³/mol. The first-order valence-corrected chi connectivity index (χ1v) is 8.91. The first-order chi connectivity index (χ1) is 13.5. The van der Waals surface area contributed by atoms with Crippen LogP contribution in [0.1, 0.15) is 36.4 Å². The molecule has 0 saturated carbocycles. The summed E-state index contributed by atoms with van der Waals surface area (Å²) in [6.07, 6.45) is 0.195. The molecular formula is C21H22N2O5. The number of amides is 1. The van der Waals surface area contributed by atoms with Crippen molar-refractivity contribution in [3.05, 3.63) is 59.7 Å². The first-order valence-electron chi connectivity index (χ1n) is 8.91. The van der Waals surface area contributed by atoms with Gasteiger partial charge in [-0.05, 0) is 47.5 Å². The summed E-state index contributed by atoms with van der Waals surface area (Å²) in [7, 11) is 3.19. The van der Waals surface area contributed by atoms with Crippen LogP contribution in [0.25, 0.3) is 0 Å². The lowest BCUT2D eigenvalue weighted by Crippen LogP contribution is -2.27. The molecule has 2 aromatic carbocycles. The lowest BCUT2D eigenvalue weighted by atomic mass is 9.98. The number of nitrogens with zero attached hydrogens (tertiary/aromatic N) is 2. The van der Waals surface area contributed by atoms with E-state index in [0.29, 0.717) is 12.2 Å². The second-order valence-corrected chi connectivity index (χ2v) is 6.40. The largest absolute Gasteiger partial charge is 0.497 e. The minimum absolute atomic E-state index is 0.102. The number of benzene rings is 2. The quantitative estimate of drug-likeness (QED) is 0.794. The summed E-state index contributed by atoms with van der Waals surface area (Å²) in [4.78, 5) is 23.5. The molecule has 0 aliphatic carbocycles. The third kappa shape index (κ3) is 4.31. The van der Waals surface area contributed by atoms with E-state index in [0.717, 1.165) is 22.6 Å². The van der Waals surface area contributed by atoms with Crippen LogP contribution in [0.4, 0.5) is 0 Å². The first kappa shape index (κ1) is 19.4. The SMILES string of the molecule is COc1ccc(C2=NN(C(=O)CCC(=O)O)C(c3cccc(OC)c3)C2)cc1. The van der Waals surface area contributed by atoms with E-state index in [9.17, 15) is 9.59 Å². The van der Waals surface area contributed by atoms with Crippen molar-refractivity contribution >= 4 is 17.6 Å². The average Bonchev–Trinajstić information content (AvgIpc) is 3.17. The molecular weight excluding hydrogens is 360 g/mol. The Morgan fingerprint density at radius 3 is 2.43 bits per heavy atom. The fraction of sp³-hybridized carbons (Fsp3) is 0.286. The van der Waals surface area contributed by atoms with Gasteiger partial charge in [0.1, 0.15) is 11.5 Å². The van der Waals surface area contributed by atoms with Crippen molar-refractivity contribution in [2.24, 2.45) is 5.10 Å². The lowest BCUT2D eigenvalue weighted by Gasteiger charge is -2.22. The van der Waals surface area contributed by atoms with Crippen LogP contribution in [-0.2, 0) is 9.59 Å². The molecule has 1 N–H and O–H groups in total. The van der Waals surface area contributed by atoms with E-state index in [1.54, 1.807) is 14.2 Å². The number of hydrogen-bond acceptors (Lipinski definition) is 5. The molecule has 3 rings (SSSR count). The average molecular weight is 382 g/mol. The zero-order valence-corrected chi connectivity index (χ0v) is 15.8. The minimum Gasteiger partial charge on any atom is -0.497 e. The van der Waals surface area contributed by atoms with Crippen LogP contribution in [0.2, 0.25) is 0 Å². The zero-order chi connectivity index (χ0) is 20.1. The summed E-state index contributed by atoms with van der Waals surface area (Å²) in [5, 5.41) is 14.8. The maximum atomic E-state index is 12.7. The topological polar surface area (TPSA) is 88.4 Å². The Morgan fingerprint density at radius 2 is 1.79 bits per heavy atom. The highest BCUT2D eigenvalue weighted by Gasteiger charge is 2.33. The van der Waals surface area contributed by atoms with Gasteiger partial charge < -0.3 is 14.6 Å². The van der Waals surface area contributed by atoms with E-state index >= 15 is 0 Å². The van der Waals surface area contributed by atoms with Gasteiger partial charge in [-0.25, -0.2) is 5.01 Å². The molecule has 0 radical (unpaired) electrons. The van der Waals surface area contributed by atoms with Crippen LogP contribution in [0.3, 0.4) is 0 Å². The molecule has 1 unspecified atom stereocenters. The molecule has 1 aliphatic rings. The van der Waals surface area contributed by atoms with Crippen molar-refractivity contribution < 1.29 is 24.2 Å². The fourth-order valence-electron chi connectivity index (χ4n) is 3.14. The van der Waals surface area contributed by atoms with Crippen LogP contribution >= 0.6 is 0 Å². The summed E-state index contributed by atoms with van der Waals surface area (Å²) in [6, 6.07) is 14.6. The smallest absolute Gasteiger partial charge is 0.303 e. The van der Waals surface area contributed by atoms with E-state index in [1.807, 2.05) is 48.5 Å². The van der Waals surface area contributed by atoms with Crippen molar-refractivity contribution in [2.45, 2.75) is 25.3 Å². The normalized spacial score (nSPS) is 15.9. The van der Waals surface area contributed by atoms with Gasteiger partial charge in [0.05, 0.1) is 32.4 Å². The van der Waals surface area contributed by atoms with Crippen LogP contribution in [-0.4, -0.2) is 41.9 Å². The Labute approximate surface area is 163 Å². The van der Waals surface area contributed by atoms with Crippen LogP contribution in [0, 0.1) is 0 Å². The number of ether oxygens (including phenoxy) is 2. The van der Waals surface area contributed by atoms with Gasteiger partial charge in [0, 0.05) is 12.8 Å². The molecule has 7 nitrogen and oxygen atoms in total. The highest BCUT2D eigenvalue weighted by molar-refractivity contribution is 6.03. The number of carboxylic acid groups (broad SMARTS) is 1. The van der Waals surface area contributed by atoms with Crippen molar-refractivity contribution in [3.8, 4) is 11.5 Å². The Balaban J connectivity index is 1.91. The van der Waals surface area contributed by atoms with Gasteiger partial charge in [-0.1, -0.05) is 12.1 Å². The molecule has 2 aromatic rings. The van der Waals surface area contributed by atoms with Gasteiger partial charge in [0.25, 0.3) is 0 Å². The molecule has 7 heteroatoms. The fourth-order valence-corrected chi connectivity index (χ4v) is 3.14. The van der Waals surface area contributed by atoms with E-state index in [-0.39, 0.29) is 24.8 Å².